The average molecular weight is 308 g/mol. The first-order chi connectivity index (χ1) is 9.71. The minimum absolute atomic E-state index is 0.106. The molecule has 0 saturated heterocycles. The summed E-state index contributed by atoms with van der Waals surface area (Å²) >= 11 is 0. The topological polar surface area (TPSA) is 80.7 Å². The summed E-state index contributed by atoms with van der Waals surface area (Å²) in [6.45, 7) is 5.03. The summed E-state index contributed by atoms with van der Waals surface area (Å²) in [5.74, 6) is 0.183. The lowest BCUT2D eigenvalue weighted by Gasteiger charge is -2.15. The summed E-state index contributed by atoms with van der Waals surface area (Å²) in [4.78, 5) is 11.5. The molecule has 2 aromatic rings. The molecule has 1 N–H and O–H groups in total. The lowest BCUT2D eigenvalue weighted by Crippen LogP contribution is -2.08. The number of carbonyl (C=O) groups is 1. The Morgan fingerprint density at radius 1 is 1.19 bits per heavy atom. The van der Waals surface area contributed by atoms with Gasteiger partial charge in [-0.2, -0.15) is 8.42 Å². The molecule has 0 spiro atoms. The van der Waals surface area contributed by atoms with Crippen LogP contribution < -0.4 is 4.74 Å². The largest absolute Gasteiger partial charge is 0.490 e. The van der Waals surface area contributed by atoms with Gasteiger partial charge in [-0.1, -0.05) is 18.2 Å². The molecule has 5 nitrogen and oxygen atoms in total. The van der Waals surface area contributed by atoms with E-state index in [1.165, 1.54) is 25.1 Å². The van der Waals surface area contributed by atoms with E-state index in [1.54, 1.807) is 12.1 Å². The zero-order chi connectivity index (χ0) is 15.8. The number of carbonyl (C=O) groups excluding carboxylic acids is 1. The summed E-state index contributed by atoms with van der Waals surface area (Å²) in [6.07, 6.45) is -0.106. The Bertz CT molecular complexity index is 806. The van der Waals surface area contributed by atoms with Crippen LogP contribution in [0.25, 0.3) is 10.8 Å². The molecule has 0 aliphatic heterocycles. The maximum Gasteiger partial charge on any atom is 0.295 e. The van der Waals surface area contributed by atoms with E-state index in [4.69, 9.17) is 4.74 Å². The van der Waals surface area contributed by atoms with Crippen LogP contribution in [0.1, 0.15) is 31.1 Å². The number of benzene rings is 2. The van der Waals surface area contributed by atoms with Crippen molar-refractivity contribution < 1.29 is 22.5 Å². The number of fused-ring (bicyclic) bond motifs is 1. The van der Waals surface area contributed by atoms with Crippen LogP contribution in [0.15, 0.2) is 35.2 Å². The van der Waals surface area contributed by atoms with E-state index < -0.39 is 10.1 Å². The van der Waals surface area contributed by atoms with Gasteiger partial charge < -0.3 is 4.74 Å². The molecular weight excluding hydrogens is 292 g/mol. The third-order valence-electron chi connectivity index (χ3n) is 2.98. The fourth-order valence-electron chi connectivity index (χ4n) is 2.21. The van der Waals surface area contributed by atoms with E-state index in [9.17, 15) is 17.8 Å². The Labute approximate surface area is 123 Å². The van der Waals surface area contributed by atoms with Gasteiger partial charge in [0.2, 0.25) is 0 Å². The Kier molecular flexibility index (Phi) is 4.02. The van der Waals surface area contributed by atoms with Gasteiger partial charge in [0.25, 0.3) is 10.1 Å². The zero-order valence-corrected chi connectivity index (χ0v) is 12.8. The van der Waals surface area contributed by atoms with Crippen LogP contribution in [0.4, 0.5) is 0 Å². The lowest BCUT2D eigenvalue weighted by atomic mass is 10.0. The van der Waals surface area contributed by atoms with Crippen molar-refractivity contribution in [3.63, 3.8) is 0 Å². The van der Waals surface area contributed by atoms with Crippen molar-refractivity contribution in [2.24, 2.45) is 0 Å². The Morgan fingerprint density at radius 3 is 2.38 bits per heavy atom. The Balaban J connectivity index is 2.93. The van der Waals surface area contributed by atoms with Crippen LogP contribution in [-0.2, 0) is 10.1 Å². The van der Waals surface area contributed by atoms with E-state index >= 15 is 0 Å². The first kappa shape index (κ1) is 15.5. The van der Waals surface area contributed by atoms with Crippen LogP contribution in [0, 0.1) is 0 Å². The number of rotatable bonds is 4. The minimum atomic E-state index is -4.44. The first-order valence-electron chi connectivity index (χ1n) is 6.42. The van der Waals surface area contributed by atoms with Crippen LogP contribution in [0.2, 0.25) is 0 Å². The summed E-state index contributed by atoms with van der Waals surface area (Å²) in [6, 6.07) is 7.57. The van der Waals surface area contributed by atoms with Crippen LogP contribution >= 0.6 is 0 Å². The molecule has 0 saturated carbocycles. The highest BCUT2D eigenvalue weighted by Gasteiger charge is 2.20. The number of hydrogen-bond donors (Lipinski definition) is 1. The van der Waals surface area contributed by atoms with Crippen molar-refractivity contribution in [3.8, 4) is 5.75 Å². The lowest BCUT2D eigenvalue weighted by molar-refractivity contribution is 0.101. The normalized spacial score (nSPS) is 11.9. The fraction of sp³-hybridized carbons (Fsp3) is 0.267. The highest BCUT2D eigenvalue weighted by atomic mass is 32.2. The van der Waals surface area contributed by atoms with Gasteiger partial charge >= 0.3 is 0 Å². The smallest absolute Gasteiger partial charge is 0.295 e. The van der Waals surface area contributed by atoms with E-state index in [0.29, 0.717) is 11.1 Å². The van der Waals surface area contributed by atoms with Crippen LogP contribution in [0.5, 0.6) is 5.75 Å². The van der Waals surface area contributed by atoms with Gasteiger partial charge in [-0.15, -0.1) is 0 Å². The van der Waals surface area contributed by atoms with Gasteiger partial charge in [-0.3, -0.25) is 9.35 Å². The maximum absolute atomic E-state index is 11.8. The number of ketones is 1. The van der Waals surface area contributed by atoms with Crippen molar-refractivity contribution in [2.75, 3.05) is 0 Å². The van der Waals surface area contributed by atoms with Gasteiger partial charge in [-0.05, 0) is 32.9 Å². The van der Waals surface area contributed by atoms with Gasteiger partial charge in [0, 0.05) is 16.3 Å². The molecule has 0 radical (unpaired) electrons. The van der Waals surface area contributed by atoms with Gasteiger partial charge in [-0.25, -0.2) is 0 Å². The second-order valence-electron chi connectivity index (χ2n) is 4.99. The quantitative estimate of drug-likeness (QED) is 0.693. The minimum Gasteiger partial charge on any atom is -0.490 e. The monoisotopic (exact) mass is 308 g/mol. The molecule has 112 valence electrons. The highest BCUT2D eigenvalue weighted by molar-refractivity contribution is 7.86. The Hall–Kier alpha value is -1.92. The molecule has 0 aliphatic carbocycles. The SMILES string of the molecule is CC(=O)c1cccc2c(OC(C)C)ccc(S(=O)(=O)O)c12. The molecule has 0 aromatic heterocycles. The summed E-state index contributed by atoms with van der Waals surface area (Å²) in [7, 11) is -4.44. The fourth-order valence-corrected chi connectivity index (χ4v) is 2.93. The van der Waals surface area contributed by atoms with Gasteiger partial charge in [0.15, 0.2) is 5.78 Å². The van der Waals surface area contributed by atoms with Crippen molar-refractivity contribution in [1.29, 1.82) is 0 Å². The zero-order valence-electron chi connectivity index (χ0n) is 12.0. The number of hydrogen-bond acceptors (Lipinski definition) is 4. The third kappa shape index (κ3) is 3.06. The molecule has 0 heterocycles. The van der Waals surface area contributed by atoms with Crippen molar-refractivity contribution >= 4 is 26.7 Å². The highest BCUT2D eigenvalue weighted by Crippen LogP contribution is 2.34. The van der Waals surface area contributed by atoms with E-state index in [1.807, 2.05) is 13.8 Å². The second-order valence-corrected chi connectivity index (χ2v) is 6.38. The summed E-state index contributed by atoms with van der Waals surface area (Å²) in [5.41, 5.74) is 0.231. The molecule has 21 heavy (non-hydrogen) atoms. The molecule has 0 unspecified atom stereocenters. The van der Waals surface area contributed by atoms with Crippen LogP contribution in [0.3, 0.4) is 0 Å². The van der Waals surface area contributed by atoms with Crippen molar-refractivity contribution in [3.05, 3.63) is 35.9 Å². The van der Waals surface area contributed by atoms with E-state index in [2.05, 4.69) is 0 Å². The number of Topliss-reactive ketones (excluding diaryl/α,β-unsaturated/α-hetero) is 1. The molecule has 6 heteroatoms. The second kappa shape index (κ2) is 5.46. The molecule has 0 bridgehead atoms. The molecule has 2 aromatic carbocycles. The predicted molar refractivity (Wildman–Crippen MR) is 79.5 cm³/mol. The standard InChI is InChI=1S/C15H16O5S/c1-9(2)20-13-7-8-14(21(17,18)19)15-11(10(3)16)5-4-6-12(13)15/h4-9H,1-3H3,(H,17,18,19). The predicted octanol–water partition coefficient (Wildman–Crippen LogP) is 3.08. The summed E-state index contributed by atoms with van der Waals surface area (Å²) < 4.78 is 38.1. The maximum atomic E-state index is 11.8. The molecule has 0 fully saturated rings. The van der Waals surface area contributed by atoms with Gasteiger partial charge in [0.05, 0.1) is 6.10 Å². The first-order valence-corrected chi connectivity index (χ1v) is 7.86. The van der Waals surface area contributed by atoms with Gasteiger partial charge in [0.1, 0.15) is 10.6 Å². The van der Waals surface area contributed by atoms with E-state index in [0.717, 1.165) is 0 Å². The van der Waals surface area contributed by atoms with E-state index in [-0.39, 0.29) is 27.7 Å². The number of ether oxygens (including phenoxy) is 1. The molecule has 0 atom stereocenters. The Morgan fingerprint density at radius 2 is 1.86 bits per heavy atom. The third-order valence-corrected chi connectivity index (χ3v) is 3.88. The molecule has 2 rings (SSSR count). The molecule has 0 aliphatic rings. The average Bonchev–Trinajstić information content (AvgIpc) is 2.36. The van der Waals surface area contributed by atoms with Crippen molar-refractivity contribution in [1.82, 2.24) is 0 Å². The molecular formula is C15H16O5S. The van der Waals surface area contributed by atoms with Crippen molar-refractivity contribution in [2.45, 2.75) is 31.8 Å². The molecule has 0 amide bonds. The van der Waals surface area contributed by atoms with Crippen LogP contribution in [-0.4, -0.2) is 24.9 Å². The summed E-state index contributed by atoms with van der Waals surface area (Å²) in [5, 5.41) is 0.664.